The molecule has 0 spiro atoms. The number of nitro groups is 1. The lowest BCUT2D eigenvalue weighted by Gasteiger charge is -2.25. The summed E-state index contributed by atoms with van der Waals surface area (Å²) in [6, 6.07) is 11.7. The third-order valence-electron chi connectivity index (χ3n) is 4.24. The number of halogens is 1. The minimum Gasteiger partial charge on any atom is -0.484 e. The van der Waals surface area contributed by atoms with Gasteiger partial charge in [-0.05, 0) is 42.7 Å². The van der Waals surface area contributed by atoms with E-state index in [9.17, 15) is 19.3 Å². The van der Waals surface area contributed by atoms with Crippen molar-refractivity contribution < 1.29 is 18.8 Å². The predicted octanol–water partition coefficient (Wildman–Crippen LogP) is 3.48. The molecule has 1 fully saturated rings. The molecule has 1 heterocycles. The number of likely N-dealkylation sites (tertiary alicyclic amines) is 1. The van der Waals surface area contributed by atoms with Crippen LogP contribution in [0.5, 0.6) is 5.75 Å². The van der Waals surface area contributed by atoms with Crippen LogP contribution in [-0.4, -0.2) is 28.9 Å². The maximum Gasteiger partial charge on any atom is 0.269 e. The van der Waals surface area contributed by atoms with Crippen LogP contribution in [0.1, 0.15) is 24.4 Å². The Kier molecular flexibility index (Phi) is 4.92. The first-order valence-corrected chi connectivity index (χ1v) is 7.97. The Morgan fingerprint density at radius 2 is 1.88 bits per heavy atom. The summed E-state index contributed by atoms with van der Waals surface area (Å²) < 4.78 is 18.5. The zero-order valence-electron chi connectivity index (χ0n) is 13.4. The first-order valence-electron chi connectivity index (χ1n) is 7.97. The van der Waals surface area contributed by atoms with Crippen LogP contribution in [0, 0.1) is 15.9 Å². The lowest BCUT2D eigenvalue weighted by atomic mass is 10.0. The fraction of sp³-hybridized carbons (Fsp3) is 0.278. The van der Waals surface area contributed by atoms with Gasteiger partial charge in [-0.25, -0.2) is 4.39 Å². The molecule has 0 N–H and O–H groups in total. The van der Waals surface area contributed by atoms with Crippen molar-refractivity contribution in [3.8, 4) is 5.75 Å². The zero-order chi connectivity index (χ0) is 17.8. The monoisotopic (exact) mass is 344 g/mol. The number of carbonyl (C=O) groups is 1. The Hall–Kier alpha value is -2.96. The van der Waals surface area contributed by atoms with Gasteiger partial charge in [0.15, 0.2) is 6.61 Å². The lowest BCUT2D eigenvalue weighted by Crippen LogP contribution is -2.34. The van der Waals surface area contributed by atoms with E-state index in [1.54, 1.807) is 17.0 Å². The fourth-order valence-corrected chi connectivity index (χ4v) is 2.99. The minimum absolute atomic E-state index is 0.0328. The fourth-order valence-electron chi connectivity index (χ4n) is 2.99. The highest BCUT2D eigenvalue weighted by atomic mass is 19.1. The Balaban J connectivity index is 1.62. The number of nitro benzene ring substituents is 1. The lowest BCUT2D eigenvalue weighted by molar-refractivity contribution is -0.384. The maximum absolute atomic E-state index is 13.1. The highest BCUT2D eigenvalue weighted by molar-refractivity contribution is 5.78. The third kappa shape index (κ3) is 3.93. The van der Waals surface area contributed by atoms with E-state index in [-0.39, 0.29) is 30.1 Å². The van der Waals surface area contributed by atoms with E-state index in [0.717, 1.165) is 18.4 Å². The second kappa shape index (κ2) is 7.29. The molecular formula is C18H17FN2O4. The van der Waals surface area contributed by atoms with Crippen LogP contribution in [0.25, 0.3) is 0 Å². The minimum atomic E-state index is -0.494. The van der Waals surface area contributed by atoms with Crippen molar-refractivity contribution in [3.63, 3.8) is 0 Å². The van der Waals surface area contributed by atoms with E-state index in [0.29, 0.717) is 12.3 Å². The van der Waals surface area contributed by atoms with Crippen molar-refractivity contribution in [1.29, 1.82) is 0 Å². The van der Waals surface area contributed by atoms with Gasteiger partial charge in [-0.1, -0.05) is 12.1 Å². The average Bonchev–Trinajstić information content (AvgIpc) is 3.10. The van der Waals surface area contributed by atoms with Crippen molar-refractivity contribution in [2.45, 2.75) is 18.9 Å². The number of nitrogens with zero attached hydrogens (tertiary/aromatic N) is 2. The number of rotatable bonds is 5. The summed E-state index contributed by atoms with van der Waals surface area (Å²) in [5.41, 5.74) is 0.872. The number of ether oxygens (including phenoxy) is 1. The molecule has 7 heteroatoms. The maximum atomic E-state index is 13.1. The van der Waals surface area contributed by atoms with Gasteiger partial charge in [0.25, 0.3) is 11.6 Å². The number of non-ortho nitro benzene ring substituents is 1. The Labute approximate surface area is 144 Å². The van der Waals surface area contributed by atoms with Crippen LogP contribution in [0.3, 0.4) is 0 Å². The number of benzene rings is 2. The molecule has 1 atom stereocenters. The van der Waals surface area contributed by atoms with Gasteiger partial charge in [0, 0.05) is 18.7 Å². The smallest absolute Gasteiger partial charge is 0.269 e. The van der Waals surface area contributed by atoms with Gasteiger partial charge in [-0.15, -0.1) is 0 Å². The molecule has 130 valence electrons. The molecule has 2 aromatic carbocycles. The van der Waals surface area contributed by atoms with Gasteiger partial charge in [-0.2, -0.15) is 0 Å². The van der Waals surface area contributed by atoms with Gasteiger partial charge < -0.3 is 9.64 Å². The molecule has 2 aromatic rings. The van der Waals surface area contributed by atoms with Gasteiger partial charge in [0.05, 0.1) is 11.0 Å². The highest BCUT2D eigenvalue weighted by Gasteiger charge is 2.30. The SMILES string of the molecule is O=C(COc1ccc([N+](=O)[O-])cc1)N1CCCC1c1ccc(F)cc1. The van der Waals surface area contributed by atoms with E-state index in [4.69, 9.17) is 4.74 Å². The van der Waals surface area contributed by atoms with Crippen molar-refractivity contribution in [3.05, 3.63) is 70.0 Å². The molecular weight excluding hydrogens is 327 g/mol. The molecule has 0 bridgehead atoms. The second-order valence-corrected chi connectivity index (χ2v) is 5.84. The van der Waals surface area contributed by atoms with Crippen LogP contribution in [0.15, 0.2) is 48.5 Å². The molecule has 0 aromatic heterocycles. The molecule has 1 aliphatic heterocycles. The van der Waals surface area contributed by atoms with Crippen LogP contribution in [-0.2, 0) is 4.79 Å². The van der Waals surface area contributed by atoms with Gasteiger partial charge in [0.2, 0.25) is 0 Å². The first kappa shape index (κ1) is 16.9. The predicted molar refractivity (Wildman–Crippen MR) is 88.7 cm³/mol. The number of amides is 1. The largest absolute Gasteiger partial charge is 0.484 e. The van der Waals surface area contributed by atoms with Crippen LogP contribution < -0.4 is 4.74 Å². The standard InChI is InChI=1S/C18H17FN2O4/c19-14-5-3-13(4-6-14)17-2-1-11-20(17)18(22)12-25-16-9-7-15(8-10-16)21(23)24/h3-10,17H,1-2,11-12H2. The normalized spacial score (nSPS) is 16.7. The van der Waals surface area contributed by atoms with E-state index in [1.807, 2.05) is 0 Å². The van der Waals surface area contributed by atoms with E-state index in [2.05, 4.69) is 0 Å². The molecule has 1 saturated heterocycles. The van der Waals surface area contributed by atoms with Crippen LogP contribution in [0.2, 0.25) is 0 Å². The summed E-state index contributed by atoms with van der Waals surface area (Å²) in [7, 11) is 0. The van der Waals surface area contributed by atoms with Crippen molar-refractivity contribution in [2.24, 2.45) is 0 Å². The first-order chi connectivity index (χ1) is 12.0. The van der Waals surface area contributed by atoms with Crippen LogP contribution >= 0.6 is 0 Å². The molecule has 3 rings (SSSR count). The van der Waals surface area contributed by atoms with Crippen molar-refractivity contribution in [2.75, 3.05) is 13.2 Å². The zero-order valence-corrected chi connectivity index (χ0v) is 13.4. The van der Waals surface area contributed by atoms with Gasteiger partial charge in [0.1, 0.15) is 11.6 Å². The molecule has 0 aliphatic carbocycles. The second-order valence-electron chi connectivity index (χ2n) is 5.84. The molecule has 1 aliphatic rings. The van der Waals surface area contributed by atoms with Crippen molar-refractivity contribution >= 4 is 11.6 Å². The van der Waals surface area contributed by atoms with Crippen molar-refractivity contribution in [1.82, 2.24) is 4.90 Å². The summed E-state index contributed by atoms with van der Waals surface area (Å²) in [5.74, 6) is -0.0669. The summed E-state index contributed by atoms with van der Waals surface area (Å²) in [6.45, 7) is 0.486. The quantitative estimate of drug-likeness (QED) is 0.615. The van der Waals surface area contributed by atoms with Gasteiger partial charge >= 0.3 is 0 Å². The Morgan fingerprint density at radius 1 is 1.20 bits per heavy atom. The number of hydrogen-bond acceptors (Lipinski definition) is 4. The molecule has 6 nitrogen and oxygen atoms in total. The summed E-state index contributed by atoms with van der Waals surface area (Å²) in [6.07, 6.45) is 1.71. The molecule has 0 saturated carbocycles. The van der Waals surface area contributed by atoms with E-state index >= 15 is 0 Å². The highest BCUT2D eigenvalue weighted by Crippen LogP contribution is 2.32. The van der Waals surface area contributed by atoms with E-state index in [1.165, 1.54) is 36.4 Å². The Bertz CT molecular complexity index is 762. The summed E-state index contributed by atoms with van der Waals surface area (Å²) in [4.78, 5) is 24.3. The Morgan fingerprint density at radius 3 is 2.52 bits per heavy atom. The molecule has 0 radical (unpaired) electrons. The number of carbonyl (C=O) groups excluding carboxylic acids is 1. The summed E-state index contributed by atoms with van der Waals surface area (Å²) in [5, 5.41) is 10.6. The average molecular weight is 344 g/mol. The molecule has 1 unspecified atom stereocenters. The van der Waals surface area contributed by atoms with Gasteiger partial charge in [-0.3, -0.25) is 14.9 Å². The third-order valence-corrected chi connectivity index (χ3v) is 4.24. The van der Waals surface area contributed by atoms with Crippen LogP contribution in [0.4, 0.5) is 10.1 Å². The van der Waals surface area contributed by atoms with E-state index < -0.39 is 4.92 Å². The molecule has 25 heavy (non-hydrogen) atoms. The molecule has 1 amide bonds. The number of hydrogen-bond donors (Lipinski definition) is 0. The summed E-state index contributed by atoms with van der Waals surface area (Å²) >= 11 is 0. The topological polar surface area (TPSA) is 72.7 Å².